The fourth-order valence-electron chi connectivity index (χ4n) is 3.54. The van der Waals surface area contributed by atoms with Crippen molar-refractivity contribution >= 4 is 12.1 Å². The average molecular weight is 319 g/mol. The standard InChI is InChI=1S/C20H34N2O/c1-6-16(5)18(8-3)19(23)22-15-20(12-10-11-13-20)17(7-2)14-21-9-4/h7-8,14,16H,6,9-13,15H2,1-5H3,(H,22,23). The Kier molecular flexibility index (Phi) is 8.29. The van der Waals surface area contributed by atoms with Crippen molar-refractivity contribution in [3.8, 4) is 0 Å². The molecule has 130 valence electrons. The Labute approximate surface area is 142 Å². The Balaban J connectivity index is 2.85. The Morgan fingerprint density at radius 1 is 1.22 bits per heavy atom. The highest BCUT2D eigenvalue weighted by Crippen LogP contribution is 2.43. The topological polar surface area (TPSA) is 41.5 Å². The molecule has 1 fully saturated rings. The van der Waals surface area contributed by atoms with Crippen molar-refractivity contribution < 1.29 is 4.79 Å². The normalized spacial score (nSPS) is 20.0. The van der Waals surface area contributed by atoms with Gasteiger partial charge in [-0.1, -0.05) is 38.8 Å². The van der Waals surface area contributed by atoms with E-state index in [1.807, 2.05) is 19.2 Å². The van der Waals surface area contributed by atoms with Gasteiger partial charge in [0.1, 0.15) is 0 Å². The lowest BCUT2D eigenvalue weighted by Gasteiger charge is -2.31. The van der Waals surface area contributed by atoms with Crippen LogP contribution in [0.15, 0.2) is 28.3 Å². The zero-order valence-electron chi connectivity index (χ0n) is 15.6. The van der Waals surface area contributed by atoms with Crippen molar-refractivity contribution in [3.05, 3.63) is 23.3 Å². The molecule has 0 bridgehead atoms. The van der Waals surface area contributed by atoms with E-state index in [0.717, 1.165) is 37.9 Å². The van der Waals surface area contributed by atoms with E-state index in [4.69, 9.17) is 0 Å². The van der Waals surface area contributed by atoms with Crippen molar-refractivity contribution in [1.29, 1.82) is 0 Å². The molecule has 3 nitrogen and oxygen atoms in total. The quantitative estimate of drug-likeness (QED) is 0.512. The monoisotopic (exact) mass is 318 g/mol. The highest BCUT2D eigenvalue weighted by Gasteiger charge is 2.37. The minimum Gasteiger partial charge on any atom is -0.351 e. The van der Waals surface area contributed by atoms with Crippen molar-refractivity contribution in [2.24, 2.45) is 16.3 Å². The predicted molar refractivity (Wildman–Crippen MR) is 99.9 cm³/mol. The Hall–Kier alpha value is -1.38. The molecule has 0 heterocycles. The summed E-state index contributed by atoms with van der Waals surface area (Å²) in [5, 5.41) is 3.21. The lowest BCUT2D eigenvalue weighted by atomic mass is 9.78. The summed E-state index contributed by atoms with van der Waals surface area (Å²) in [5.41, 5.74) is 2.25. The summed E-state index contributed by atoms with van der Waals surface area (Å²) in [4.78, 5) is 17.0. The lowest BCUT2D eigenvalue weighted by molar-refractivity contribution is -0.118. The van der Waals surface area contributed by atoms with Gasteiger partial charge in [0.15, 0.2) is 0 Å². The summed E-state index contributed by atoms with van der Waals surface area (Å²) in [7, 11) is 0. The Morgan fingerprint density at radius 3 is 2.35 bits per heavy atom. The summed E-state index contributed by atoms with van der Waals surface area (Å²) in [5.74, 6) is 0.401. The molecule has 0 aliphatic heterocycles. The molecule has 23 heavy (non-hydrogen) atoms. The van der Waals surface area contributed by atoms with Crippen LogP contribution in [-0.4, -0.2) is 25.2 Å². The maximum atomic E-state index is 12.6. The number of aliphatic imine (C=N–C) groups is 1. The second kappa shape index (κ2) is 9.69. The van der Waals surface area contributed by atoms with E-state index in [-0.39, 0.29) is 11.3 Å². The predicted octanol–water partition coefficient (Wildman–Crippen LogP) is 4.69. The van der Waals surface area contributed by atoms with Gasteiger partial charge in [-0.25, -0.2) is 0 Å². The van der Waals surface area contributed by atoms with Gasteiger partial charge in [-0.2, -0.15) is 0 Å². The van der Waals surface area contributed by atoms with Crippen LogP contribution in [0.3, 0.4) is 0 Å². The summed E-state index contributed by atoms with van der Waals surface area (Å²) >= 11 is 0. The number of carbonyl (C=O) groups is 1. The molecule has 0 saturated heterocycles. The zero-order chi connectivity index (χ0) is 17.3. The Bertz CT molecular complexity index is 468. The van der Waals surface area contributed by atoms with Gasteiger partial charge in [0, 0.05) is 30.3 Å². The summed E-state index contributed by atoms with van der Waals surface area (Å²) < 4.78 is 0. The molecule has 1 saturated carbocycles. The van der Waals surface area contributed by atoms with Crippen molar-refractivity contribution in [2.45, 2.75) is 66.7 Å². The molecule has 0 aromatic rings. The van der Waals surface area contributed by atoms with Crippen LogP contribution in [0.4, 0.5) is 0 Å². The van der Waals surface area contributed by atoms with Crippen LogP contribution < -0.4 is 5.32 Å². The third kappa shape index (κ3) is 5.05. The minimum atomic E-state index is 0.0668. The van der Waals surface area contributed by atoms with E-state index in [1.54, 1.807) is 0 Å². The SMILES string of the molecule is CC=C(C(=O)NCC1(C(C=NCC)=CC)CCCC1)C(C)CC. The number of amides is 1. The van der Waals surface area contributed by atoms with Crippen LogP contribution in [0, 0.1) is 11.3 Å². The summed E-state index contributed by atoms with van der Waals surface area (Å²) in [6.45, 7) is 11.8. The fourth-order valence-corrected chi connectivity index (χ4v) is 3.54. The van der Waals surface area contributed by atoms with Crippen LogP contribution in [0.1, 0.15) is 66.7 Å². The van der Waals surface area contributed by atoms with Crippen molar-refractivity contribution in [3.63, 3.8) is 0 Å². The first-order chi connectivity index (χ1) is 11.0. The first kappa shape index (κ1) is 19.7. The minimum absolute atomic E-state index is 0.0668. The number of allylic oxidation sites excluding steroid dienone is 2. The van der Waals surface area contributed by atoms with Crippen LogP contribution in [0.25, 0.3) is 0 Å². The zero-order valence-corrected chi connectivity index (χ0v) is 15.6. The Morgan fingerprint density at radius 2 is 1.87 bits per heavy atom. The molecule has 1 unspecified atom stereocenters. The molecule has 1 atom stereocenters. The number of nitrogens with one attached hydrogen (secondary N) is 1. The van der Waals surface area contributed by atoms with Crippen LogP contribution in [0.2, 0.25) is 0 Å². The number of hydrogen-bond acceptors (Lipinski definition) is 2. The number of carbonyl (C=O) groups excluding carboxylic acids is 1. The third-order valence-corrected chi connectivity index (χ3v) is 5.20. The lowest BCUT2D eigenvalue weighted by Crippen LogP contribution is -2.39. The maximum Gasteiger partial charge on any atom is 0.247 e. The van der Waals surface area contributed by atoms with Gasteiger partial charge in [-0.3, -0.25) is 9.79 Å². The van der Waals surface area contributed by atoms with Gasteiger partial charge >= 0.3 is 0 Å². The van der Waals surface area contributed by atoms with Gasteiger partial charge in [0.05, 0.1) is 0 Å². The maximum absolute atomic E-state index is 12.6. The molecule has 0 aromatic carbocycles. The van der Waals surface area contributed by atoms with Crippen LogP contribution in [-0.2, 0) is 4.79 Å². The van der Waals surface area contributed by atoms with Gasteiger partial charge in [0.25, 0.3) is 0 Å². The molecule has 1 N–H and O–H groups in total. The molecule has 1 amide bonds. The van der Waals surface area contributed by atoms with Gasteiger partial charge in [0.2, 0.25) is 5.91 Å². The van der Waals surface area contributed by atoms with Crippen molar-refractivity contribution in [2.75, 3.05) is 13.1 Å². The van der Waals surface area contributed by atoms with E-state index in [0.29, 0.717) is 5.92 Å². The average Bonchev–Trinajstić information content (AvgIpc) is 3.04. The van der Waals surface area contributed by atoms with Crippen LogP contribution in [0.5, 0.6) is 0 Å². The van der Waals surface area contributed by atoms with Crippen LogP contribution >= 0.6 is 0 Å². The van der Waals surface area contributed by atoms with Crippen molar-refractivity contribution in [1.82, 2.24) is 5.32 Å². The molecule has 1 aliphatic rings. The molecular weight excluding hydrogens is 284 g/mol. The van der Waals surface area contributed by atoms with Gasteiger partial charge in [-0.05, 0) is 51.5 Å². The largest absolute Gasteiger partial charge is 0.351 e. The van der Waals surface area contributed by atoms with E-state index < -0.39 is 0 Å². The van der Waals surface area contributed by atoms with E-state index >= 15 is 0 Å². The molecule has 0 radical (unpaired) electrons. The fraction of sp³-hybridized carbons (Fsp3) is 0.700. The van der Waals surface area contributed by atoms with E-state index in [9.17, 15) is 4.79 Å². The molecule has 3 heteroatoms. The van der Waals surface area contributed by atoms with E-state index in [2.05, 4.69) is 44.1 Å². The second-order valence-corrected chi connectivity index (χ2v) is 6.60. The molecule has 1 rings (SSSR count). The molecule has 1 aliphatic carbocycles. The molecular formula is C20H34N2O. The first-order valence-corrected chi connectivity index (χ1v) is 9.15. The second-order valence-electron chi connectivity index (χ2n) is 6.60. The number of rotatable bonds is 8. The van der Waals surface area contributed by atoms with Gasteiger partial charge in [-0.15, -0.1) is 0 Å². The summed E-state index contributed by atoms with van der Waals surface area (Å²) in [6.07, 6.45) is 11.9. The molecule has 0 aromatic heterocycles. The molecule has 0 spiro atoms. The third-order valence-electron chi connectivity index (χ3n) is 5.20. The van der Waals surface area contributed by atoms with E-state index in [1.165, 1.54) is 18.4 Å². The number of nitrogens with zero attached hydrogens (tertiary/aromatic N) is 1. The first-order valence-electron chi connectivity index (χ1n) is 9.15. The summed E-state index contributed by atoms with van der Waals surface area (Å²) in [6, 6.07) is 0. The number of hydrogen-bond donors (Lipinski definition) is 1. The smallest absolute Gasteiger partial charge is 0.247 e. The highest BCUT2D eigenvalue weighted by molar-refractivity contribution is 5.94. The van der Waals surface area contributed by atoms with Gasteiger partial charge < -0.3 is 5.32 Å². The highest BCUT2D eigenvalue weighted by atomic mass is 16.1.